The number of benzene rings is 1. The standard InChI is InChI=1S/C15H22N3O10P/c1-15(18-16,14(24)17-9(13(22)23)3-5-12(20)21)7-8-2-4-11(10(19)6-8)28-29(25,26)27/h2,4,6,9,18-19H,3,5,7,16H2,1H3,(H,17,24)(H,20,21)(H,22,23)(H2,25,26,27)/t9-,15?/m0/s1. The van der Waals surface area contributed by atoms with Crippen LogP contribution in [0.3, 0.4) is 0 Å². The molecule has 0 heterocycles. The number of aliphatic carboxylic acids is 2. The van der Waals surface area contributed by atoms with E-state index in [4.69, 9.17) is 25.8 Å². The lowest BCUT2D eigenvalue weighted by Crippen LogP contribution is -2.61. The lowest BCUT2D eigenvalue weighted by atomic mass is 9.91. The highest BCUT2D eigenvalue weighted by molar-refractivity contribution is 7.46. The number of phosphoric ester groups is 1. The number of hydrazine groups is 1. The van der Waals surface area contributed by atoms with Crippen LogP contribution in [0.5, 0.6) is 11.5 Å². The van der Waals surface area contributed by atoms with E-state index in [-0.39, 0.29) is 12.8 Å². The van der Waals surface area contributed by atoms with Gasteiger partial charge in [-0.15, -0.1) is 0 Å². The Bertz CT molecular complexity index is 827. The second-order valence-electron chi connectivity index (χ2n) is 6.33. The summed E-state index contributed by atoms with van der Waals surface area (Å²) in [6, 6.07) is 2.02. The van der Waals surface area contributed by atoms with Crippen molar-refractivity contribution in [3.63, 3.8) is 0 Å². The Morgan fingerprint density at radius 1 is 1.28 bits per heavy atom. The zero-order valence-corrected chi connectivity index (χ0v) is 16.1. The van der Waals surface area contributed by atoms with Crippen LogP contribution in [0.1, 0.15) is 25.3 Å². The molecule has 1 unspecified atom stereocenters. The molecule has 162 valence electrons. The molecule has 1 rings (SSSR count). The van der Waals surface area contributed by atoms with Gasteiger partial charge in [-0.3, -0.25) is 25.2 Å². The first-order valence-corrected chi connectivity index (χ1v) is 9.61. The van der Waals surface area contributed by atoms with Gasteiger partial charge in [-0.2, -0.15) is 0 Å². The Kier molecular flexibility index (Phi) is 8.12. The fourth-order valence-electron chi connectivity index (χ4n) is 2.33. The molecule has 13 nitrogen and oxygen atoms in total. The highest BCUT2D eigenvalue weighted by Crippen LogP contribution is 2.41. The van der Waals surface area contributed by atoms with Crippen LogP contribution in [0.2, 0.25) is 0 Å². The maximum Gasteiger partial charge on any atom is 0.524 e. The van der Waals surface area contributed by atoms with E-state index < -0.39 is 55.2 Å². The molecule has 1 aromatic carbocycles. The van der Waals surface area contributed by atoms with E-state index in [2.05, 4.69) is 15.3 Å². The predicted molar refractivity (Wildman–Crippen MR) is 96.6 cm³/mol. The molecular weight excluding hydrogens is 413 g/mol. The number of carboxylic acids is 2. The largest absolute Gasteiger partial charge is 0.524 e. The van der Waals surface area contributed by atoms with Gasteiger partial charge >= 0.3 is 19.8 Å². The van der Waals surface area contributed by atoms with Crippen molar-refractivity contribution in [3.8, 4) is 11.5 Å². The van der Waals surface area contributed by atoms with Gasteiger partial charge in [-0.1, -0.05) is 6.07 Å². The van der Waals surface area contributed by atoms with Crippen molar-refractivity contribution in [2.75, 3.05) is 0 Å². The fourth-order valence-corrected chi connectivity index (χ4v) is 2.74. The number of hydrogen-bond acceptors (Lipinski definition) is 8. The van der Waals surface area contributed by atoms with E-state index in [1.54, 1.807) is 0 Å². The molecule has 0 saturated carbocycles. The molecule has 0 fully saturated rings. The first kappa shape index (κ1) is 24.3. The summed E-state index contributed by atoms with van der Waals surface area (Å²) in [6.45, 7) is 1.34. The summed E-state index contributed by atoms with van der Waals surface area (Å²) in [4.78, 5) is 52.0. The molecule has 29 heavy (non-hydrogen) atoms. The minimum Gasteiger partial charge on any atom is -0.504 e. The van der Waals surface area contributed by atoms with Crippen LogP contribution < -0.4 is 21.1 Å². The summed E-state index contributed by atoms with van der Waals surface area (Å²) < 4.78 is 15.2. The molecule has 1 aromatic rings. The lowest BCUT2D eigenvalue weighted by Gasteiger charge is -2.29. The minimum absolute atomic E-state index is 0.162. The summed E-state index contributed by atoms with van der Waals surface area (Å²) in [6.07, 6.45) is -0.977. The second-order valence-corrected chi connectivity index (χ2v) is 7.50. The van der Waals surface area contributed by atoms with Crippen LogP contribution in [0.25, 0.3) is 0 Å². The van der Waals surface area contributed by atoms with Gasteiger partial charge in [-0.05, 0) is 31.0 Å². The molecule has 0 spiro atoms. The third-order valence-corrected chi connectivity index (χ3v) is 4.30. The van der Waals surface area contributed by atoms with E-state index >= 15 is 0 Å². The molecule has 9 N–H and O–H groups in total. The molecule has 0 aliphatic heterocycles. The number of carbonyl (C=O) groups excluding carboxylic acids is 1. The van der Waals surface area contributed by atoms with Gasteiger partial charge in [-0.25, -0.2) is 14.8 Å². The van der Waals surface area contributed by atoms with Gasteiger partial charge in [0.15, 0.2) is 11.5 Å². The van der Waals surface area contributed by atoms with Crippen molar-refractivity contribution in [3.05, 3.63) is 23.8 Å². The Morgan fingerprint density at radius 2 is 1.90 bits per heavy atom. The van der Waals surface area contributed by atoms with E-state index in [1.165, 1.54) is 13.0 Å². The van der Waals surface area contributed by atoms with Gasteiger partial charge in [0.2, 0.25) is 5.91 Å². The summed E-state index contributed by atoms with van der Waals surface area (Å²) in [7, 11) is -4.89. The third kappa shape index (κ3) is 7.68. The zero-order valence-electron chi connectivity index (χ0n) is 15.2. The second kappa shape index (κ2) is 9.67. The molecule has 0 aliphatic rings. The van der Waals surface area contributed by atoms with Crippen LogP contribution in [0, 0.1) is 0 Å². The molecule has 1 amide bonds. The van der Waals surface area contributed by atoms with Crippen molar-refractivity contribution >= 4 is 25.7 Å². The molecule has 0 aromatic heterocycles. The molecular formula is C15H22N3O10P. The number of phenolic OH excluding ortho intramolecular Hbond substituents is 1. The number of phenols is 1. The number of aromatic hydroxyl groups is 1. The Morgan fingerprint density at radius 3 is 2.34 bits per heavy atom. The first-order valence-electron chi connectivity index (χ1n) is 8.08. The van der Waals surface area contributed by atoms with Crippen molar-refractivity contribution in [1.82, 2.24) is 10.7 Å². The van der Waals surface area contributed by atoms with Crippen LogP contribution in [0.15, 0.2) is 18.2 Å². The summed E-state index contributed by atoms with van der Waals surface area (Å²) >= 11 is 0. The Labute approximate surface area is 164 Å². The number of carbonyl (C=O) groups is 3. The van der Waals surface area contributed by atoms with Crippen molar-refractivity contribution in [2.45, 2.75) is 37.8 Å². The number of phosphoric acid groups is 1. The Balaban J connectivity index is 2.97. The highest BCUT2D eigenvalue weighted by atomic mass is 31.2. The quantitative estimate of drug-likeness (QED) is 0.120. The molecule has 0 bridgehead atoms. The van der Waals surface area contributed by atoms with Crippen molar-refractivity contribution in [2.24, 2.45) is 5.84 Å². The fraction of sp³-hybridized carbons (Fsp3) is 0.400. The molecule has 0 radical (unpaired) electrons. The maximum atomic E-state index is 12.5. The summed E-state index contributed by atoms with van der Waals surface area (Å²) in [5.41, 5.74) is 0.989. The van der Waals surface area contributed by atoms with Gasteiger partial charge in [0, 0.05) is 12.8 Å². The normalized spacial score (nSPS) is 14.5. The van der Waals surface area contributed by atoms with Gasteiger partial charge in [0.1, 0.15) is 11.6 Å². The monoisotopic (exact) mass is 435 g/mol. The summed E-state index contributed by atoms with van der Waals surface area (Å²) in [5, 5.41) is 29.9. The smallest absolute Gasteiger partial charge is 0.504 e. The van der Waals surface area contributed by atoms with Crippen molar-refractivity contribution in [1.29, 1.82) is 0 Å². The van der Waals surface area contributed by atoms with Gasteiger partial charge in [0.25, 0.3) is 0 Å². The number of carboxylic acid groups (broad SMARTS) is 2. The van der Waals surface area contributed by atoms with Gasteiger partial charge in [0.05, 0.1) is 0 Å². The highest BCUT2D eigenvalue weighted by Gasteiger charge is 2.35. The lowest BCUT2D eigenvalue weighted by molar-refractivity contribution is -0.144. The first-order chi connectivity index (χ1) is 13.3. The minimum atomic E-state index is -4.89. The van der Waals surface area contributed by atoms with Crippen LogP contribution in [-0.4, -0.2) is 54.5 Å². The number of rotatable bonds is 11. The van der Waals surface area contributed by atoms with E-state index in [0.29, 0.717) is 5.56 Å². The zero-order chi connectivity index (χ0) is 22.4. The number of nitrogens with two attached hydrogens (primary N) is 1. The average Bonchev–Trinajstić information content (AvgIpc) is 2.59. The van der Waals surface area contributed by atoms with E-state index in [0.717, 1.165) is 12.1 Å². The van der Waals surface area contributed by atoms with E-state index in [9.17, 15) is 24.1 Å². The van der Waals surface area contributed by atoms with Crippen molar-refractivity contribution < 1.29 is 48.6 Å². The molecule has 2 atom stereocenters. The number of nitrogens with one attached hydrogen (secondary N) is 2. The van der Waals surface area contributed by atoms with Crippen LogP contribution in [-0.2, 0) is 25.4 Å². The SMILES string of the molecule is CC(Cc1ccc(OP(=O)(O)O)c(O)c1)(NN)C(=O)N[C@@H](CCC(=O)O)C(=O)O. The topological polar surface area (TPSA) is 229 Å². The molecule has 0 aliphatic carbocycles. The average molecular weight is 435 g/mol. The third-order valence-electron chi connectivity index (χ3n) is 3.87. The van der Waals surface area contributed by atoms with E-state index in [1.807, 2.05) is 0 Å². The Hall–Kier alpha value is -2.70. The number of amides is 1. The van der Waals surface area contributed by atoms with Gasteiger partial charge < -0.3 is 25.2 Å². The summed E-state index contributed by atoms with van der Waals surface area (Å²) in [5.74, 6) is 0.874. The predicted octanol–water partition coefficient (Wildman–Crippen LogP) is -0.938. The van der Waals surface area contributed by atoms with Crippen LogP contribution in [0.4, 0.5) is 0 Å². The molecule has 14 heteroatoms. The van der Waals surface area contributed by atoms with Crippen LogP contribution >= 0.6 is 7.82 Å². The molecule has 0 saturated heterocycles. The number of hydrogen-bond donors (Lipinski definition) is 8. The maximum absolute atomic E-state index is 12.5.